The minimum atomic E-state index is -0.867. The van der Waals surface area contributed by atoms with E-state index in [2.05, 4.69) is 32.9 Å². The molecule has 3 nitrogen and oxygen atoms in total. The predicted molar refractivity (Wildman–Crippen MR) is 75.9 cm³/mol. The fourth-order valence-corrected chi connectivity index (χ4v) is 2.58. The monoisotopic (exact) mass is 257 g/mol. The number of hydrogen-bond acceptors (Lipinski definition) is 1. The van der Waals surface area contributed by atoms with Crippen molar-refractivity contribution in [3.8, 4) is 0 Å². The molecule has 0 bridgehead atoms. The number of benzene rings is 1. The number of aromatic nitrogens is 1. The SMILES string of the molecule is Cc1cc(C)c(Cn2ccc(C(=O)O)c2C)c(C)c1. The number of carboxylic acid groups (broad SMARTS) is 1. The number of aromatic carboxylic acids is 1. The summed E-state index contributed by atoms with van der Waals surface area (Å²) >= 11 is 0. The molecule has 1 aromatic carbocycles. The minimum Gasteiger partial charge on any atom is -0.478 e. The summed E-state index contributed by atoms with van der Waals surface area (Å²) in [6.07, 6.45) is 1.84. The van der Waals surface area contributed by atoms with E-state index in [0.717, 1.165) is 12.2 Å². The van der Waals surface area contributed by atoms with Gasteiger partial charge in [0, 0.05) is 18.4 Å². The first-order valence-corrected chi connectivity index (χ1v) is 6.36. The van der Waals surface area contributed by atoms with E-state index in [9.17, 15) is 4.79 Å². The van der Waals surface area contributed by atoms with Crippen LogP contribution in [-0.4, -0.2) is 15.6 Å². The van der Waals surface area contributed by atoms with Crippen LogP contribution in [0.1, 0.15) is 38.3 Å². The molecule has 1 heterocycles. The molecule has 2 rings (SSSR count). The quantitative estimate of drug-likeness (QED) is 0.914. The third-order valence-corrected chi connectivity index (χ3v) is 3.64. The second-order valence-corrected chi connectivity index (χ2v) is 5.13. The number of carbonyl (C=O) groups is 1. The molecule has 0 spiro atoms. The van der Waals surface area contributed by atoms with Gasteiger partial charge < -0.3 is 9.67 Å². The number of rotatable bonds is 3. The van der Waals surface area contributed by atoms with Gasteiger partial charge >= 0.3 is 5.97 Å². The van der Waals surface area contributed by atoms with Crippen LogP contribution in [0, 0.1) is 27.7 Å². The lowest BCUT2D eigenvalue weighted by atomic mass is 10.00. The van der Waals surface area contributed by atoms with Crippen molar-refractivity contribution in [2.45, 2.75) is 34.2 Å². The van der Waals surface area contributed by atoms with E-state index in [4.69, 9.17) is 5.11 Å². The van der Waals surface area contributed by atoms with Crippen molar-refractivity contribution in [2.75, 3.05) is 0 Å². The minimum absolute atomic E-state index is 0.377. The first kappa shape index (κ1) is 13.4. The summed E-state index contributed by atoms with van der Waals surface area (Å²) in [5, 5.41) is 9.08. The lowest BCUT2D eigenvalue weighted by Crippen LogP contribution is -2.06. The molecule has 0 aliphatic heterocycles. The van der Waals surface area contributed by atoms with Crippen LogP contribution in [0.3, 0.4) is 0 Å². The fraction of sp³-hybridized carbons (Fsp3) is 0.312. The van der Waals surface area contributed by atoms with Gasteiger partial charge in [-0.1, -0.05) is 17.7 Å². The summed E-state index contributed by atoms with van der Waals surface area (Å²) in [5.74, 6) is -0.867. The Balaban J connectivity index is 2.40. The molecule has 3 heteroatoms. The smallest absolute Gasteiger partial charge is 0.337 e. The zero-order valence-corrected chi connectivity index (χ0v) is 11.8. The van der Waals surface area contributed by atoms with E-state index in [1.165, 1.54) is 22.3 Å². The third-order valence-electron chi connectivity index (χ3n) is 3.64. The highest BCUT2D eigenvalue weighted by atomic mass is 16.4. The van der Waals surface area contributed by atoms with Crippen LogP contribution >= 0.6 is 0 Å². The highest BCUT2D eigenvalue weighted by Crippen LogP contribution is 2.20. The standard InChI is InChI=1S/C16H19NO2/c1-10-7-11(2)15(12(3)8-10)9-17-6-5-14(13(17)4)16(18)19/h5-8H,9H2,1-4H3,(H,18,19). The molecule has 0 aliphatic rings. The maximum atomic E-state index is 11.1. The van der Waals surface area contributed by atoms with Crippen molar-refractivity contribution < 1.29 is 9.90 Å². The summed E-state index contributed by atoms with van der Waals surface area (Å²) in [7, 11) is 0. The maximum Gasteiger partial charge on any atom is 0.337 e. The Morgan fingerprint density at radius 1 is 1.16 bits per heavy atom. The van der Waals surface area contributed by atoms with Crippen molar-refractivity contribution >= 4 is 5.97 Å². The summed E-state index contributed by atoms with van der Waals surface area (Å²) in [5.41, 5.74) is 6.20. The van der Waals surface area contributed by atoms with Gasteiger partial charge in [-0.05, 0) is 50.5 Å². The Morgan fingerprint density at radius 2 is 1.74 bits per heavy atom. The van der Waals surface area contributed by atoms with Crippen LogP contribution in [0.5, 0.6) is 0 Å². The van der Waals surface area contributed by atoms with E-state index >= 15 is 0 Å². The summed E-state index contributed by atoms with van der Waals surface area (Å²) in [4.78, 5) is 11.1. The fourth-order valence-electron chi connectivity index (χ4n) is 2.58. The summed E-state index contributed by atoms with van der Waals surface area (Å²) < 4.78 is 1.99. The Bertz CT molecular complexity index is 615. The van der Waals surface area contributed by atoms with Gasteiger partial charge in [0.25, 0.3) is 0 Å². The van der Waals surface area contributed by atoms with Gasteiger partial charge in [0.2, 0.25) is 0 Å². The normalized spacial score (nSPS) is 10.7. The van der Waals surface area contributed by atoms with Crippen LogP contribution in [0.2, 0.25) is 0 Å². The summed E-state index contributed by atoms with van der Waals surface area (Å²) in [6.45, 7) is 8.87. The lowest BCUT2D eigenvalue weighted by molar-refractivity contribution is 0.0696. The highest BCUT2D eigenvalue weighted by Gasteiger charge is 2.12. The third kappa shape index (κ3) is 2.55. The second kappa shape index (κ2) is 4.92. The molecule has 0 saturated carbocycles. The Hall–Kier alpha value is -2.03. The Labute approximate surface area is 113 Å². The van der Waals surface area contributed by atoms with Crippen LogP contribution in [0.4, 0.5) is 0 Å². The van der Waals surface area contributed by atoms with Gasteiger partial charge in [-0.25, -0.2) is 4.79 Å². The van der Waals surface area contributed by atoms with Gasteiger partial charge in [-0.3, -0.25) is 0 Å². The highest BCUT2D eigenvalue weighted by molar-refractivity contribution is 5.89. The second-order valence-electron chi connectivity index (χ2n) is 5.13. The average molecular weight is 257 g/mol. The molecule has 0 fully saturated rings. The van der Waals surface area contributed by atoms with Crippen LogP contribution in [-0.2, 0) is 6.54 Å². The maximum absolute atomic E-state index is 11.1. The molecule has 1 N–H and O–H groups in total. The Morgan fingerprint density at radius 3 is 2.21 bits per heavy atom. The van der Waals surface area contributed by atoms with Gasteiger partial charge in [0.1, 0.15) is 0 Å². The predicted octanol–water partition coefficient (Wildman–Crippen LogP) is 3.47. The molecule has 1 aromatic heterocycles. The largest absolute Gasteiger partial charge is 0.478 e. The molecule has 0 amide bonds. The number of hydrogen-bond donors (Lipinski definition) is 1. The zero-order valence-electron chi connectivity index (χ0n) is 11.8. The molecule has 0 aliphatic carbocycles. The van der Waals surface area contributed by atoms with Gasteiger partial charge in [0.05, 0.1) is 5.56 Å². The summed E-state index contributed by atoms with van der Waals surface area (Å²) in [6, 6.07) is 6.00. The number of carboxylic acids is 1. The van der Waals surface area contributed by atoms with Crippen molar-refractivity contribution in [2.24, 2.45) is 0 Å². The number of nitrogens with zero attached hydrogens (tertiary/aromatic N) is 1. The molecule has 0 radical (unpaired) electrons. The zero-order chi connectivity index (χ0) is 14.2. The molecule has 2 aromatic rings. The number of aryl methyl sites for hydroxylation is 3. The van der Waals surface area contributed by atoms with E-state index < -0.39 is 5.97 Å². The van der Waals surface area contributed by atoms with Crippen molar-refractivity contribution in [1.29, 1.82) is 0 Å². The molecular weight excluding hydrogens is 238 g/mol. The van der Waals surface area contributed by atoms with E-state index in [1.807, 2.05) is 17.7 Å². The van der Waals surface area contributed by atoms with Crippen molar-refractivity contribution in [3.05, 3.63) is 57.9 Å². The van der Waals surface area contributed by atoms with E-state index in [1.54, 1.807) is 6.07 Å². The molecule has 100 valence electrons. The topological polar surface area (TPSA) is 42.2 Å². The van der Waals surface area contributed by atoms with Gasteiger partial charge in [-0.2, -0.15) is 0 Å². The lowest BCUT2D eigenvalue weighted by Gasteiger charge is -2.13. The van der Waals surface area contributed by atoms with Crippen LogP contribution in [0.25, 0.3) is 0 Å². The van der Waals surface area contributed by atoms with Crippen LogP contribution < -0.4 is 0 Å². The Kier molecular flexibility index (Phi) is 3.47. The molecule has 19 heavy (non-hydrogen) atoms. The average Bonchev–Trinajstić information content (AvgIpc) is 2.65. The van der Waals surface area contributed by atoms with Crippen LogP contribution in [0.15, 0.2) is 24.4 Å². The van der Waals surface area contributed by atoms with Crippen molar-refractivity contribution in [3.63, 3.8) is 0 Å². The van der Waals surface area contributed by atoms with Gasteiger partial charge in [-0.15, -0.1) is 0 Å². The van der Waals surface area contributed by atoms with E-state index in [0.29, 0.717) is 5.56 Å². The first-order chi connectivity index (χ1) is 8.90. The molecule has 0 atom stereocenters. The first-order valence-electron chi connectivity index (χ1n) is 6.36. The molecule has 0 unspecified atom stereocenters. The van der Waals surface area contributed by atoms with E-state index in [-0.39, 0.29) is 0 Å². The molecule has 0 saturated heterocycles. The van der Waals surface area contributed by atoms with Crippen molar-refractivity contribution in [1.82, 2.24) is 4.57 Å². The molecular formula is C16H19NO2. The van der Waals surface area contributed by atoms with Gasteiger partial charge in [0.15, 0.2) is 0 Å².